The van der Waals surface area contributed by atoms with E-state index in [-0.39, 0.29) is 45.0 Å². The molecule has 2 aromatic heterocycles. The highest BCUT2D eigenvalue weighted by atomic mass is 31.1. The molecule has 14 heteroatoms. The Kier molecular flexibility index (Phi) is 14.3. The molecule has 0 aliphatic carbocycles. The number of Topliss-reactive ketones (excluding diaryl/α,β-unsaturated/α-hetero) is 1. The standard InChI is InChI=1S/C35H36F2N5O2P.C3H3F3O.C3H8/c1-6-15-41(16-7-2)32-28-31(39-34(40-32)44-21-35-13-9-17-42(35)18-10-14-35)29(37)30(38-33(28)45(4)5)25-20-23(43)19-22-11-12-26(36)24(8-3)27(22)25;1-2(7)3(4,5)6;1-3-2/h3,6-7,11-12,19-20,43H,1-2,9-10,13-18,21H2,4-5H3;1H3;3H2,1-2H3. The Balaban J connectivity index is 0.000000599. The van der Waals surface area contributed by atoms with Gasteiger partial charge in [-0.1, -0.05) is 52.3 Å². The molecule has 2 saturated heterocycles. The Labute approximate surface area is 320 Å². The molecule has 294 valence electrons. The first-order chi connectivity index (χ1) is 26.1. The normalized spacial score (nSPS) is 14.7. The highest BCUT2D eigenvalue weighted by molar-refractivity contribution is 7.64. The van der Waals surface area contributed by atoms with E-state index in [1.54, 1.807) is 12.2 Å². The highest BCUT2D eigenvalue weighted by Gasteiger charge is 2.45. The number of alkyl halides is 3. The lowest BCUT2D eigenvalue weighted by Gasteiger charge is -2.31. The number of halogens is 5. The minimum absolute atomic E-state index is 0.0340. The Bertz CT molecular complexity index is 2080. The SMILES string of the molecule is C#Cc1c(F)ccc2cc(O)cc(-c3nc(P(C)C)c4c(N(CC=C)CC=C)nc(OCC56CCCN5CCC6)nc4c3F)c12.CC(=O)C(F)(F)F.CCC. The zero-order chi connectivity index (χ0) is 40.7. The van der Waals surface area contributed by atoms with Crippen LogP contribution in [0.25, 0.3) is 32.9 Å². The van der Waals surface area contributed by atoms with Crippen LogP contribution in [0.3, 0.4) is 0 Å². The van der Waals surface area contributed by atoms with Gasteiger partial charge < -0.3 is 14.7 Å². The third kappa shape index (κ3) is 9.42. The van der Waals surface area contributed by atoms with Gasteiger partial charge in [-0.25, -0.2) is 13.8 Å². The number of carbonyl (C=O) groups is 1. The molecule has 55 heavy (non-hydrogen) atoms. The molecule has 0 spiro atoms. The second-order valence-electron chi connectivity index (χ2n) is 13.7. The molecular weight excluding hydrogens is 736 g/mol. The molecule has 4 aromatic rings. The predicted octanol–water partition coefficient (Wildman–Crippen LogP) is 8.92. The van der Waals surface area contributed by atoms with Gasteiger partial charge in [0.2, 0.25) is 5.78 Å². The van der Waals surface area contributed by atoms with E-state index < -0.39 is 31.5 Å². The van der Waals surface area contributed by atoms with Crippen molar-refractivity contribution in [2.45, 2.75) is 64.6 Å². The van der Waals surface area contributed by atoms with E-state index in [9.17, 15) is 27.5 Å². The van der Waals surface area contributed by atoms with Crippen molar-refractivity contribution < 1.29 is 36.6 Å². The number of phenols is 1. The third-order valence-corrected chi connectivity index (χ3v) is 10.5. The van der Waals surface area contributed by atoms with Gasteiger partial charge in [0.25, 0.3) is 0 Å². The summed E-state index contributed by atoms with van der Waals surface area (Å²) in [5.74, 6) is -0.364. The van der Waals surface area contributed by atoms with Gasteiger partial charge in [0.15, 0.2) is 5.82 Å². The van der Waals surface area contributed by atoms with Gasteiger partial charge in [-0.2, -0.15) is 23.1 Å². The summed E-state index contributed by atoms with van der Waals surface area (Å²) in [4.78, 5) is 28.2. The van der Waals surface area contributed by atoms with E-state index in [0.717, 1.165) is 38.8 Å². The predicted molar refractivity (Wildman–Crippen MR) is 212 cm³/mol. The van der Waals surface area contributed by atoms with Crippen LogP contribution in [0.4, 0.5) is 27.8 Å². The van der Waals surface area contributed by atoms with E-state index in [2.05, 4.69) is 37.8 Å². The number of benzene rings is 2. The summed E-state index contributed by atoms with van der Waals surface area (Å²) in [7, 11) is -0.936. The maximum absolute atomic E-state index is 17.0. The van der Waals surface area contributed by atoms with Crippen LogP contribution in [0.5, 0.6) is 11.8 Å². The summed E-state index contributed by atoms with van der Waals surface area (Å²) < 4.78 is 70.8. The maximum Gasteiger partial charge on any atom is 0.449 e. The number of terminal acetylenes is 1. The molecule has 0 atom stereocenters. The number of anilines is 1. The molecule has 2 fully saturated rings. The number of aromatic hydroxyl groups is 1. The average Bonchev–Trinajstić information content (AvgIpc) is 3.71. The molecule has 0 radical (unpaired) electrons. The van der Waals surface area contributed by atoms with Gasteiger partial charge >= 0.3 is 12.2 Å². The van der Waals surface area contributed by atoms with E-state index in [1.165, 1.54) is 30.7 Å². The van der Waals surface area contributed by atoms with Crippen LogP contribution in [-0.4, -0.2) is 88.6 Å². The van der Waals surface area contributed by atoms with Crippen molar-refractivity contribution >= 4 is 46.6 Å². The Hall–Kier alpha value is -4.66. The van der Waals surface area contributed by atoms with Crippen LogP contribution in [-0.2, 0) is 4.79 Å². The summed E-state index contributed by atoms with van der Waals surface area (Å²) in [6.45, 7) is 19.9. The first-order valence-electron chi connectivity index (χ1n) is 18.0. The molecule has 6 rings (SSSR count). The van der Waals surface area contributed by atoms with Gasteiger partial charge in [0, 0.05) is 31.0 Å². The summed E-state index contributed by atoms with van der Waals surface area (Å²) in [6, 6.07) is 5.64. The number of fused-ring (bicyclic) bond motifs is 3. The lowest BCUT2D eigenvalue weighted by atomic mass is 9.95. The smallest absolute Gasteiger partial charge is 0.449 e. The van der Waals surface area contributed by atoms with Crippen molar-refractivity contribution in [1.29, 1.82) is 0 Å². The van der Waals surface area contributed by atoms with Crippen LogP contribution in [0.15, 0.2) is 49.6 Å². The molecule has 0 bridgehead atoms. The number of rotatable bonds is 10. The molecule has 0 amide bonds. The van der Waals surface area contributed by atoms with Crippen LogP contribution >= 0.6 is 7.92 Å². The van der Waals surface area contributed by atoms with Crippen LogP contribution < -0.4 is 15.1 Å². The van der Waals surface area contributed by atoms with Gasteiger partial charge in [-0.05, 0) is 75.7 Å². The number of pyridine rings is 1. The summed E-state index contributed by atoms with van der Waals surface area (Å²) in [5, 5.41) is 11.9. The lowest BCUT2D eigenvalue weighted by Crippen LogP contribution is -2.43. The van der Waals surface area contributed by atoms with E-state index in [1.807, 2.05) is 18.2 Å². The molecule has 0 saturated carbocycles. The van der Waals surface area contributed by atoms with Crippen molar-refractivity contribution in [2.75, 3.05) is 51.0 Å². The molecule has 4 heterocycles. The third-order valence-electron chi connectivity index (χ3n) is 9.28. The lowest BCUT2D eigenvalue weighted by molar-refractivity contribution is -0.168. The zero-order valence-corrected chi connectivity index (χ0v) is 32.8. The van der Waals surface area contributed by atoms with E-state index in [4.69, 9.17) is 26.1 Å². The molecular formula is C41H47F5N5O3P. The molecule has 2 aliphatic rings. The number of phenolic OH excluding ortho intramolecular Hbond substituents is 1. The van der Waals surface area contributed by atoms with Crippen molar-refractivity contribution in [3.05, 3.63) is 66.8 Å². The van der Waals surface area contributed by atoms with Gasteiger partial charge in [-0.15, -0.1) is 19.6 Å². The van der Waals surface area contributed by atoms with Crippen molar-refractivity contribution in [3.8, 4) is 35.4 Å². The summed E-state index contributed by atoms with van der Waals surface area (Å²) in [5.41, 5.74) is 0.633. The minimum atomic E-state index is -4.64. The first kappa shape index (κ1) is 43.1. The van der Waals surface area contributed by atoms with Gasteiger partial charge in [-0.3, -0.25) is 9.69 Å². The molecule has 2 aliphatic heterocycles. The molecule has 2 aromatic carbocycles. The second kappa shape index (κ2) is 18.3. The minimum Gasteiger partial charge on any atom is -0.508 e. The number of carbonyl (C=O) groups excluding carboxylic acids is 1. The van der Waals surface area contributed by atoms with Crippen LogP contribution in [0, 0.1) is 24.0 Å². The van der Waals surface area contributed by atoms with E-state index in [0.29, 0.717) is 48.6 Å². The van der Waals surface area contributed by atoms with Crippen molar-refractivity contribution in [3.63, 3.8) is 0 Å². The average molecular weight is 784 g/mol. The van der Waals surface area contributed by atoms with Crippen molar-refractivity contribution in [2.24, 2.45) is 0 Å². The zero-order valence-electron chi connectivity index (χ0n) is 31.9. The number of ketones is 1. The Morgan fingerprint density at radius 1 is 1.07 bits per heavy atom. The topological polar surface area (TPSA) is 91.7 Å². The van der Waals surface area contributed by atoms with Gasteiger partial charge in [0.1, 0.15) is 35.2 Å². The maximum atomic E-state index is 17.0. The number of nitrogens with zero attached hydrogens (tertiary/aromatic N) is 5. The molecule has 1 N–H and O–H groups in total. The number of hydrogen-bond acceptors (Lipinski definition) is 8. The van der Waals surface area contributed by atoms with Crippen molar-refractivity contribution in [1.82, 2.24) is 19.9 Å². The first-order valence-corrected chi connectivity index (χ1v) is 20.2. The highest BCUT2D eigenvalue weighted by Crippen LogP contribution is 2.42. The van der Waals surface area contributed by atoms with E-state index >= 15 is 4.39 Å². The summed E-state index contributed by atoms with van der Waals surface area (Å²) in [6.07, 6.45) is 10.1. The fraction of sp³-hybridized carbons (Fsp3) is 0.415. The van der Waals surface area contributed by atoms with Crippen LogP contribution in [0.2, 0.25) is 0 Å². The fourth-order valence-electron chi connectivity index (χ4n) is 6.88. The Morgan fingerprint density at radius 2 is 1.67 bits per heavy atom. The number of ether oxygens (including phenoxy) is 1. The van der Waals surface area contributed by atoms with Crippen LogP contribution in [0.1, 0.15) is 58.4 Å². The Morgan fingerprint density at radius 3 is 2.20 bits per heavy atom. The molecule has 8 nitrogen and oxygen atoms in total. The fourth-order valence-corrected chi connectivity index (χ4v) is 7.84. The number of hydrogen-bond donors (Lipinski definition) is 1. The summed E-state index contributed by atoms with van der Waals surface area (Å²) >= 11 is 0. The van der Waals surface area contributed by atoms with Gasteiger partial charge in [0.05, 0.1) is 21.9 Å². The largest absolute Gasteiger partial charge is 0.508 e. The molecule has 0 unspecified atom stereocenters. The second-order valence-corrected chi connectivity index (χ2v) is 15.9. The monoisotopic (exact) mass is 783 g/mol. The quantitative estimate of drug-likeness (QED) is 0.0739. The number of aromatic nitrogens is 3.